The van der Waals surface area contributed by atoms with Gasteiger partial charge in [0, 0.05) is 41.6 Å². The predicted octanol–water partition coefficient (Wildman–Crippen LogP) is 8.16. The molecule has 0 aromatic heterocycles. The van der Waals surface area contributed by atoms with Crippen LogP contribution in [0, 0.1) is 6.92 Å². The Labute approximate surface area is 260 Å². The van der Waals surface area contributed by atoms with Crippen LogP contribution in [0.2, 0.25) is 0 Å². The molecular formula is C31H29F7N3O4P. The fourth-order valence-corrected chi connectivity index (χ4v) is 5.88. The van der Waals surface area contributed by atoms with Crippen molar-refractivity contribution < 1.29 is 50.8 Å². The van der Waals surface area contributed by atoms with Crippen LogP contribution >= 0.6 is 8.58 Å². The molecule has 2 aliphatic rings. The number of nitrogens with zero attached hydrogens (tertiary/aromatic N) is 3. The molecule has 2 aromatic rings. The van der Waals surface area contributed by atoms with Gasteiger partial charge in [0.1, 0.15) is 22.9 Å². The number of aromatic hydroxyl groups is 3. The Balaban J connectivity index is 1.76. The zero-order valence-corrected chi connectivity index (χ0v) is 25.7. The number of alkyl halides is 7. The first-order chi connectivity index (χ1) is 21.4. The lowest BCUT2D eigenvalue weighted by Crippen LogP contribution is -2.59. The van der Waals surface area contributed by atoms with Gasteiger partial charge in [-0.25, -0.2) is 9.38 Å². The summed E-state index contributed by atoms with van der Waals surface area (Å²) in [5, 5.41) is 31.3. The smallest absolute Gasteiger partial charge is 0.437 e. The van der Waals surface area contributed by atoms with Gasteiger partial charge in [-0.15, -0.1) is 0 Å². The number of carbonyl (C=O) groups is 1. The number of halogens is 7. The van der Waals surface area contributed by atoms with Crippen LogP contribution in [0.3, 0.4) is 0 Å². The maximum Gasteiger partial charge on any atom is 0.437 e. The van der Waals surface area contributed by atoms with Crippen molar-refractivity contribution in [1.29, 1.82) is 0 Å². The summed E-state index contributed by atoms with van der Waals surface area (Å²) in [6.07, 6.45) is -11.4. The number of allylic oxidation sites excluding steroid dienone is 2. The minimum atomic E-state index is -6.25. The number of rotatable bonds is 8. The summed E-state index contributed by atoms with van der Waals surface area (Å²) in [6, 6.07) is 7.14. The van der Waals surface area contributed by atoms with E-state index in [1.165, 1.54) is 12.1 Å². The van der Waals surface area contributed by atoms with Crippen LogP contribution in [0.5, 0.6) is 17.2 Å². The first-order valence-electron chi connectivity index (χ1n) is 13.8. The third kappa shape index (κ3) is 6.72. The largest absolute Gasteiger partial charge is 0.508 e. The van der Waals surface area contributed by atoms with Crippen molar-refractivity contribution in [1.82, 2.24) is 0 Å². The van der Waals surface area contributed by atoms with E-state index in [0.717, 1.165) is 17.8 Å². The van der Waals surface area contributed by atoms with Crippen LogP contribution in [-0.2, 0) is 0 Å². The van der Waals surface area contributed by atoms with Crippen molar-refractivity contribution in [2.45, 2.75) is 57.0 Å². The highest BCUT2D eigenvalue weighted by molar-refractivity contribution is 7.58. The molecule has 0 aliphatic carbocycles. The Kier molecular flexibility index (Phi) is 9.82. The molecule has 46 heavy (non-hydrogen) atoms. The van der Waals surface area contributed by atoms with Gasteiger partial charge in [0.2, 0.25) is 0 Å². The van der Waals surface area contributed by atoms with E-state index in [1.54, 1.807) is 38.7 Å². The standard InChI is InChI=1S/C31H29F7N3O4P/c1-15-5-4-6-23(43)26(15)22-14-39-18(9-17-7-8-25(40-13-17)29(32,30(33,34)35)31(36,37)38)10-20(22)16(2)41-27-21(28(45)46-3)11-19(42)12-24(27)44/h4-6,10-13,22,42-44,46H,7-9,14H2,1-3H3. The monoisotopic (exact) mass is 671 g/mol. The fourth-order valence-electron chi connectivity index (χ4n) is 5.42. The van der Waals surface area contributed by atoms with Crippen molar-refractivity contribution in [2.24, 2.45) is 15.0 Å². The quantitative estimate of drug-likeness (QED) is 0.149. The van der Waals surface area contributed by atoms with Gasteiger partial charge in [-0.1, -0.05) is 12.1 Å². The number of benzene rings is 2. The van der Waals surface area contributed by atoms with E-state index in [9.17, 15) is 50.8 Å². The Morgan fingerprint density at radius 2 is 1.70 bits per heavy atom. The van der Waals surface area contributed by atoms with Crippen molar-refractivity contribution in [2.75, 3.05) is 13.2 Å². The van der Waals surface area contributed by atoms with Gasteiger partial charge in [-0.3, -0.25) is 14.8 Å². The first kappa shape index (κ1) is 34.8. The topological polar surface area (TPSA) is 115 Å². The Bertz CT molecular complexity index is 1670. The summed E-state index contributed by atoms with van der Waals surface area (Å²) < 4.78 is 93.7. The third-order valence-electron chi connectivity index (χ3n) is 7.74. The lowest BCUT2D eigenvalue weighted by atomic mass is 9.82. The van der Waals surface area contributed by atoms with Crippen LogP contribution < -0.4 is 0 Å². The average molecular weight is 672 g/mol. The van der Waals surface area contributed by atoms with Crippen molar-refractivity contribution in [3.8, 4) is 17.2 Å². The molecule has 2 aromatic carbocycles. The molecule has 2 aliphatic heterocycles. The van der Waals surface area contributed by atoms with Gasteiger partial charge < -0.3 is 15.3 Å². The Hall–Kier alpha value is -4.06. The average Bonchev–Trinajstić information content (AvgIpc) is 2.97. The van der Waals surface area contributed by atoms with E-state index in [-0.39, 0.29) is 56.2 Å². The van der Waals surface area contributed by atoms with Gasteiger partial charge in [0.15, 0.2) is 5.52 Å². The number of phenolic OH excluding ortho intramolecular Hbond substituents is 3. The molecule has 2 heterocycles. The van der Waals surface area contributed by atoms with Crippen LogP contribution in [0.4, 0.5) is 36.4 Å². The molecule has 0 spiro atoms. The van der Waals surface area contributed by atoms with E-state index >= 15 is 0 Å². The maximum absolute atomic E-state index is 14.5. The van der Waals surface area contributed by atoms with Crippen molar-refractivity contribution in [3.05, 3.63) is 70.4 Å². The number of hydrogen-bond donors (Lipinski definition) is 3. The van der Waals surface area contributed by atoms with Crippen molar-refractivity contribution in [3.63, 3.8) is 0 Å². The lowest BCUT2D eigenvalue weighted by Gasteiger charge is -2.32. The highest BCUT2D eigenvalue weighted by atomic mass is 31.1. The number of carbonyl (C=O) groups excluding carboxylic acids is 1. The predicted molar refractivity (Wildman–Crippen MR) is 162 cm³/mol. The summed E-state index contributed by atoms with van der Waals surface area (Å²) >= 11 is 0. The summed E-state index contributed by atoms with van der Waals surface area (Å²) in [7, 11) is -0.206. The van der Waals surface area contributed by atoms with Gasteiger partial charge >= 0.3 is 18.0 Å². The van der Waals surface area contributed by atoms with Crippen LogP contribution in [0.15, 0.2) is 68.7 Å². The molecule has 0 amide bonds. The number of aryl methyl sites for hydroxylation is 1. The van der Waals surface area contributed by atoms with Crippen LogP contribution in [0.1, 0.15) is 53.6 Å². The van der Waals surface area contributed by atoms with Gasteiger partial charge in [-0.2, -0.15) is 26.3 Å². The molecule has 0 saturated heterocycles. The summed E-state index contributed by atoms with van der Waals surface area (Å²) in [5.74, 6) is -1.40. The number of hydrogen-bond acceptors (Lipinski definition) is 7. The molecule has 15 heteroatoms. The van der Waals surface area contributed by atoms with Gasteiger partial charge in [-0.05, 0) is 76.9 Å². The summed E-state index contributed by atoms with van der Waals surface area (Å²) in [4.78, 5) is 25.0. The fraction of sp³-hybridized carbons (Fsp3) is 0.355. The molecule has 246 valence electrons. The molecule has 2 atom stereocenters. The molecule has 0 bridgehead atoms. The van der Waals surface area contributed by atoms with E-state index in [4.69, 9.17) is 0 Å². The molecule has 3 N–H and O–H groups in total. The minimum Gasteiger partial charge on any atom is -0.508 e. The maximum atomic E-state index is 14.5. The van der Waals surface area contributed by atoms with E-state index in [1.807, 2.05) is 0 Å². The highest BCUT2D eigenvalue weighted by Crippen LogP contribution is 2.49. The molecule has 0 fully saturated rings. The van der Waals surface area contributed by atoms with Crippen molar-refractivity contribution >= 4 is 36.9 Å². The number of dihydropyridines is 1. The van der Waals surface area contributed by atoms with E-state index < -0.39 is 41.8 Å². The van der Waals surface area contributed by atoms with Gasteiger partial charge in [0.25, 0.3) is 0 Å². The normalized spacial score (nSPS) is 18.3. The minimum absolute atomic E-state index is 0.0130. The second kappa shape index (κ2) is 13.0. The Morgan fingerprint density at radius 3 is 2.26 bits per heavy atom. The molecule has 2 unspecified atom stereocenters. The summed E-state index contributed by atoms with van der Waals surface area (Å²) in [6.45, 7) is 5.06. The summed E-state index contributed by atoms with van der Waals surface area (Å²) in [5.41, 5.74) is -5.02. The number of phenols is 3. The molecular weight excluding hydrogens is 642 g/mol. The zero-order valence-electron chi connectivity index (χ0n) is 24.7. The second-order valence-corrected chi connectivity index (χ2v) is 11.8. The molecule has 4 rings (SSSR count). The van der Waals surface area contributed by atoms with Crippen LogP contribution in [-0.4, -0.2) is 69.2 Å². The van der Waals surface area contributed by atoms with E-state index in [0.29, 0.717) is 28.1 Å². The first-order valence-corrected chi connectivity index (χ1v) is 15.3. The third-order valence-corrected chi connectivity index (χ3v) is 8.46. The molecule has 0 radical (unpaired) electrons. The number of aliphatic imine (C=N–C) groups is 3. The van der Waals surface area contributed by atoms with Crippen LogP contribution in [0.25, 0.3) is 0 Å². The Morgan fingerprint density at radius 1 is 1.02 bits per heavy atom. The molecule has 0 saturated carbocycles. The van der Waals surface area contributed by atoms with E-state index in [2.05, 4.69) is 15.0 Å². The zero-order chi connectivity index (χ0) is 34.2. The highest BCUT2D eigenvalue weighted by Gasteiger charge is 2.75. The molecule has 7 nitrogen and oxygen atoms in total. The second-order valence-electron chi connectivity index (χ2n) is 10.8. The SMILES string of the molecule is CPC(=O)c1cc(O)cc(O)c1N=C(C)C1=CC(CC2=CN=C(C(F)(C(F)(F)F)C(F)(F)F)CC2)=NCC1c1c(C)cccc1O. The van der Waals surface area contributed by atoms with Gasteiger partial charge in [0.05, 0.1) is 17.8 Å². The lowest BCUT2D eigenvalue weighted by molar-refractivity contribution is -0.313.